The highest BCUT2D eigenvalue weighted by Crippen LogP contribution is 2.33. The second kappa shape index (κ2) is 7.02. The fourth-order valence-electron chi connectivity index (χ4n) is 2.93. The third-order valence-electron chi connectivity index (χ3n) is 4.28. The summed E-state index contributed by atoms with van der Waals surface area (Å²) in [5.41, 5.74) is 2.78. The van der Waals surface area contributed by atoms with Crippen molar-refractivity contribution in [3.8, 4) is 0 Å². The lowest BCUT2D eigenvalue weighted by Crippen LogP contribution is -2.47. The molecule has 0 aliphatic heterocycles. The molecule has 2 rings (SSSR count). The molecule has 1 fully saturated rings. The number of likely N-dealkylation sites (N-methyl/N-ethyl adjacent to an activating group) is 1. The van der Waals surface area contributed by atoms with E-state index in [1.54, 1.807) is 7.11 Å². The number of hydrazine groups is 1. The van der Waals surface area contributed by atoms with Crippen LogP contribution in [0.4, 0.5) is 11.6 Å². The quantitative estimate of drug-likeness (QED) is 0.514. The summed E-state index contributed by atoms with van der Waals surface area (Å²) >= 11 is 0. The van der Waals surface area contributed by atoms with E-state index >= 15 is 0 Å². The highest BCUT2D eigenvalue weighted by Gasteiger charge is 2.35. The summed E-state index contributed by atoms with van der Waals surface area (Å²) in [6.45, 7) is 1.23. The topological polar surface area (TPSA) is 88.3 Å². The van der Waals surface area contributed by atoms with E-state index in [1.165, 1.54) is 25.7 Å². The first kappa shape index (κ1) is 15.9. The van der Waals surface area contributed by atoms with Gasteiger partial charge in [-0.05, 0) is 26.9 Å². The van der Waals surface area contributed by atoms with Gasteiger partial charge >= 0.3 is 0 Å². The molecule has 0 aromatic carbocycles. The van der Waals surface area contributed by atoms with Gasteiger partial charge in [-0.15, -0.1) is 0 Å². The van der Waals surface area contributed by atoms with Gasteiger partial charge in [-0.3, -0.25) is 0 Å². The fourth-order valence-corrected chi connectivity index (χ4v) is 2.93. The van der Waals surface area contributed by atoms with Crippen molar-refractivity contribution < 1.29 is 4.74 Å². The summed E-state index contributed by atoms with van der Waals surface area (Å²) in [7, 11) is 5.92. The lowest BCUT2D eigenvalue weighted by molar-refractivity contribution is 0.171. The van der Waals surface area contributed by atoms with E-state index in [0.717, 1.165) is 12.4 Å². The molecule has 1 saturated carbocycles. The maximum Gasteiger partial charge on any atom is 0.158 e. The number of anilines is 2. The zero-order chi connectivity index (χ0) is 15.3. The molecule has 7 heteroatoms. The lowest BCUT2D eigenvalue weighted by atomic mass is 9.96. The summed E-state index contributed by atoms with van der Waals surface area (Å²) in [6, 6.07) is 1.82. The van der Waals surface area contributed by atoms with Gasteiger partial charge in [0, 0.05) is 25.3 Å². The molecule has 1 aliphatic carbocycles. The fraction of sp³-hybridized carbons (Fsp3) is 0.714. The summed E-state index contributed by atoms with van der Waals surface area (Å²) in [5.74, 6) is 7.43. The maximum atomic E-state index is 5.46. The molecule has 0 atom stereocenters. The van der Waals surface area contributed by atoms with Crippen LogP contribution in [0.2, 0.25) is 0 Å². The van der Waals surface area contributed by atoms with Crippen molar-refractivity contribution in [2.24, 2.45) is 5.84 Å². The number of hydrogen-bond acceptors (Lipinski definition) is 7. The summed E-state index contributed by atoms with van der Waals surface area (Å²) in [5, 5.41) is 3.44. The number of methoxy groups -OCH3 is 1. The Morgan fingerprint density at radius 1 is 1.29 bits per heavy atom. The maximum absolute atomic E-state index is 5.46. The Morgan fingerprint density at radius 3 is 2.52 bits per heavy atom. The van der Waals surface area contributed by atoms with Crippen molar-refractivity contribution >= 4 is 11.6 Å². The van der Waals surface area contributed by atoms with Crippen molar-refractivity contribution in [3.05, 3.63) is 11.9 Å². The monoisotopic (exact) mass is 294 g/mol. The van der Waals surface area contributed by atoms with Gasteiger partial charge in [0.15, 0.2) is 5.82 Å². The number of hydrogen-bond donors (Lipinski definition) is 3. The number of ether oxygens (including phenoxy) is 1. The molecule has 21 heavy (non-hydrogen) atoms. The van der Waals surface area contributed by atoms with Crippen molar-refractivity contribution in [1.82, 2.24) is 14.9 Å². The van der Waals surface area contributed by atoms with Crippen LogP contribution in [0.25, 0.3) is 0 Å². The van der Waals surface area contributed by atoms with Crippen molar-refractivity contribution in [1.29, 1.82) is 0 Å². The Bertz CT molecular complexity index is 459. The van der Waals surface area contributed by atoms with Crippen LogP contribution in [0.1, 0.15) is 31.5 Å². The first-order valence-corrected chi connectivity index (χ1v) is 7.34. The van der Waals surface area contributed by atoms with Gasteiger partial charge in [-0.2, -0.15) is 0 Å². The van der Waals surface area contributed by atoms with Crippen LogP contribution in [0.3, 0.4) is 0 Å². The second-order valence-corrected chi connectivity index (χ2v) is 5.81. The van der Waals surface area contributed by atoms with Crippen LogP contribution >= 0.6 is 0 Å². The van der Waals surface area contributed by atoms with Gasteiger partial charge in [0.25, 0.3) is 0 Å². The number of nitrogens with two attached hydrogens (primary N) is 1. The zero-order valence-electron chi connectivity index (χ0n) is 13.1. The molecule has 1 aliphatic rings. The van der Waals surface area contributed by atoms with Crippen molar-refractivity contribution in [3.63, 3.8) is 0 Å². The minimum absolute atomic E-state index is 0.211. The second-order valence-electron chi connectivity index (χ2n) is 5.81. The number of nitrogen functional groups attached to an aromatic ring is 1. The van der Waals surface area contributed by atoms with E-state index in [4.69, 9.17) is 10.6 Å². The molecule has 7 nitrogen and oxygen atoms in total. The molecule has 1 aromatic rings. The third-order valence-corrected chi connectivity index (χ3v) is 4.28. The number of nitrogens with one attached hydrogen (secondary N) is 2. The normalized spacial score (nSPS) is 17.2. The van der Waals surface area contributed by atoms with Gasteiger partial charge in [-0.25, -0.2) is 15.8 Å². The summed E-state index contributed by atoms with van der Waals surface area (Å²) in [6.07, 6.45) is 5.00. The van der Waals surface area contributed by atoms with E-state index < -0.39 is 0 Å². The van der Waals surface area contributed by atoms with Crippen molar-refractivity contribution in [2.45, 2.75) is 37.8 Å². The minimum atomic E-state index is 0.211. The molecule has 0 amide bonds. The summed E-state index contributed by atoms with van der Waals surface area (Å²) in [4.78, 5) is 11.0. The predicted octanol–water partition coefficient (Wildman–Crippen LogP) is 1.19. The molecule has 1 heterocycles. The number of aromatic nitrogens is 2. The predicted molar refractivity (Wildman–Crippen MR) is 83.9 cm³/mol. The largest absolute Gasteiger partial charge is 0.377 e. The van der Waals surface area contributed by atoms with Gasteiger partial charge < -0.3 is 20.4 Å². The molecular formula is C14H26N6O. The third kappa shape index (κ3) is 3.81. The standard InChI is InChI=1S/C14H26N6O/c1-20(2)14(6-4-5-7-14)10-16-11-8-12(19-15)18-13(17-11)9-21-3/h8H,4-7,9-10,15H2,1-3H3,(H2,16,17,18,19). The average molecular weight is 294 g/mol. The van der Waals surface area contributed by atoms with E-state index in [-0.39, 0.29) is 5.54 Å². The Labute approximate surface area is 126 Å². The molecule has 0 saturated heterocycles. The van der Waals surface area contributed by atoms with Crippen LogP contribution in [-0.2, 0) is 11.3 Å². The highest BCUT2D eigenvalue weighted by molar-refractivity contribution is 5.47. The van der Waals surface area contributed by atoms with Crippen LogP contribution in [0.5, 0.6) is 0 Å². The average Bonchev–Trinajstić information content (AvgIpc) is 2.95. The number of rotatable bonds is 7. The van der Waals surface area contributed by atoms with Crippen LogP contribution in [-0.4, -0.2) is 48.2 Å². The molecule has 0 radical (unpaired) electrons. The SMILES string of the molecule is COCc1nc(NN)cc(NCC2(N(C)C)CCCC2)n1. The van der Waals surface area contributed by atoms with E-state index in [0.29, 0.717) is 18.2 Å². The van der Waals surface area contributed by atoms with Crippen LogP contribution < -0.4 is 16.6 Å². The minimum Gasteiger partial charge on any atom is -0.377 e. The molecule has 118 valence electrons. The van der Waals surface area contributed by atoms with E-state index in [9.17, 15) is 0 Å². The first-order valence-electron chi connectivity index (χ1n) is 7.34. The molecular weight excluding hydrogens is 268 g/mol. The summed E-state index contributed by atoms with van der Waals surface area (Å²) < 4.78 is 5.09. The van der Waals surface area contributed by atoms with Gasteiger partial charge in [0.2, 0.25) is 0 Å². The smallest absolute Gasteiger partial charge is 0.158 e. The van der Waals surface area contributed by atoms with Gasteiger partial charge in [0.05, 0.1) is 0 Å². The first-order chi connectivity index (χ1) is 10.1. The number of nitrogens with zero attached hydrogens (tertiary/aromatic N) is 3. The molecule has 0 spiro atoms. The van der Waals surface area contributed by atoms with Gasteiger partial charge in [0.1, 0.15) is 18.2 Å². The van der Waals surface area contributed by atoms with Crippen molar-refractivity contribution in [2.75, 3.05) is 38.5 Å². The van der Waals surface area contributed by atoms with E-state index in [2.05, 4.69) is 39.7 Å². The van der Waals surface area contributed by atoms with Gasteiger partial charge in [-0.1, -0.05) is 12.8 Å². The Morgan fingerprint density at radius 2 is 1.95 bits per heavy atom. The van der Waals surface area contributed by atoms with E-state index in [1.807, 2.05) is 6.07 Å². The highest BCUT2D eigenvalue weighted by atomic mass is 16.5. The molecule has 1 aromatic heterocycles. The molecule has 0 bridgehead atoms. The molecule has 0 unspecified atom stereocenters. The zero-order valence-corrected chi connectivity index (χ0v) is 13.1. The Kier molecular flexibility index (Phi) is 5.33. The lowest BCUT2D eigenvalue weighted by Gasteiger charge is -2.36. The van der Waals surface area contributed by atoms with Crippen LogP contribution in [0, 0.1) is 0 Å². The Hall–Kier alpha value is -1.44. The molecule has 4 N–H and O–H groups in total. The van der Waals surface area contributed by atoms with Crippen LogP contribution in [0.15, 0.2) is 6.07 Å². The Balaban J connectivity index is 2.09.